The Labute approximate surface area is 252 Å². The van der Waals surface area contributed by atoms with E-state index in [-0.39, 0.29) is 23.4 Å². The molecule has 226 valence electrons. The molecule has 1 aliphatic carbocycles. The first-order valence-corrected chi connectivity index (χ1v) is 15.5. The van der Waals surface area contributed by atoms with Crippen LogP contribution in [0.15, 0.2) is 48.7 Å². The van der Waals surface area contributed by atoms with Gasteiger partial charge in [0, 0.05) is 30.1 Å². The van der Waals surface area contributed by atoms with Gasteiger partial charge in [-0.05, 0) is 90.8 Å². The third-order valence-electron chi connectivity index (χ3n) is 10.1. The summed E-state index contributed by atoms with van der Waals surface area (Å²) in [6.07, 6.45) is 7.08. The highest BCUT2D eigenvalue weighted by molar-refractivity contribution is 5.70. The van der Waals surface area contributed by atoms with Crippen molar-refractivity contribution < 1.29 is 28.5 Å². The Kier molecular flexibility index (Phi) is 7.38. The van der Waals surface area contributed by atoms with Crippen molar-refractivity contribution in [1.29, 1.82) is 0 Å². The van der Waals surface area contributed by atoms with Gasteiger partial charge in [0.25, 0.3) is 0 Å². The number of ether oxygens (including phenoxy) is 3. The average molecular weight is 586 g/mol. The molecule has 0 bridgehead atoms. The van der Waals surface area contributed by atoms with Gasteiger partial charge in [0.2, 0.25) is 5.88 Å². The number of carbonyl (C=O) groups excluding carboxylic acids is 1. The topological polar surface area (TPSA) is 84.0 Å². The number of halogens is 1. The van der Waals surface area contributed by atoms with Crippen LogP contribution in [0.3, 0.4) is 0 Å². The number of fused-ring (bicyclic) bond motifs is 1. The van der Waals surface area contributed by atoms with Gasteiger partial charge in [-0.1, -0.05) is 37.3 Å². The molecule has 0 N–H and O–H groups in total. The van der Waals surface area contributed by atoms with E-state index in [1.807, 2.05) is 12.1 Å². The molecule has 43 heavy (non-hydrogen) atoms. The summed E-state index contributed by atoms with van der Waals surface area (Å²) in [7, 11) is 1.54. The van der Waals surface area contributed by atoms with E-state index in [1.54, 1.807) is 13.0 Å². The van der Waals surface area contributed by atoms with Crippen LogP contribution in [0.25, 0.3) is 11.1 Å². The maximum atomic E-state index is 15.2. The van der Waals surface area contributed by atoms with Crippen molar-refractivity contribution in [2.75, 3.05) is 26.9 Å². The summed E-state index contributed by atoms with van der Waals surface area (Å²) >= 11 is 0. The fourth-order valence-electron chi connectivity index (χ4n) is 7.46. The second-order valence-electron chi connectivity index (χ2n) is 12.8. The van der Waals surface area contributed by atoms with E-state index in [2.05, 4.69) is 34.1 Å². The number of aryl methyl sites for hydroxylation is 1. The Morgan fingerprint density at radius 3 is 2.72 bits per heavy atom. The molecule has 2 saturated heterocycles. The van der Waals surface area contributed by atoms with Crippen LogP contribution >= 0.6 is 0 Å². The number of aromatic nitrogens is 1. The summed E-state index contributed by atoms with van der Waals surface area (Å²) < 4.78 is 32.8. The van der Waals surface area contributed by atoms with Gasteiger partial charge in [0.1, 0.15) is 17.7 Å². The van der Waals surface area contributed by atoms with Crippen LogP contribution in [0.2, 0.25) is 0 Å². The van der Waals surface area contributed by atoms with Crippen molar-refractivity contribution in [3.63, 3.8) is 0 Å². The fourth-order valence-corrected chi connectivity index (χ4v) is 7.46. The molecule has 3 fully saturated rings. The standard InChI is InChI=1S/C35H39FN2O5/c1-21(34(39)40)33(23-5-6-23)25-7-4-22-9-11-30(43-31(22)15-25)24-8-10-27(28-16-32(41-2)37-17-29(28)36)26(14-24)18-38-13-3-12-35(38)19-42-20-35/h4,7-8,10,14-17,21,23,30,33H,3,5-6,9,11-13,18-20H2,1-2H3,(H,39,40)/p-1/t21-,30?,33-/m0/s1. The number of carboxylic acid groups (broad SMARTS) is 1. The van der Waals surface area contributed by atoms with Gasteiger partial charge in [-0.2, -0.15) is 0 Å². The molecule has 8 heteroatoms. The van der Waals surface area contributed by atoms with Crippen molar-refractivity contribution in [2.24, 2.45) is 11.8 Å². The van der Waals surface area contributed by atoms with E-state index in [0.29, 0.717) is 23.9 Å². The van der Waals surface area contributed by atoms with Crippen molar-refractivity contribution in [2.45, 2.75) is 69.6 Å². The van der Waals surface area contributed by atoms with Crippen molar-refractivity contribution in [3.8, 4) is 22.8 Å². The van der Waals surface area contributed by atoms with Gasteiger partial charge in [-0.3, -0.25) is 4.90 Å². The molecule has 3 atom stereocenters. The molecule has 1 aromatic heterocycles. The lowest BCUT2D eigenvalue weighted by molar-refractivity contribution is -0.311. The van der Waals surface area contributed by atoms with Crippen molar-refractivity contribution in [3.05, 3.63) is 76.7 Å². The maximum absolute atomic E-state index is 15.2. The first kappa shape index (κ1) is 28.3. The SMILES string of the molecule is COc1cc(-c2ccc(C3CCc4ccc([C@H](C5CC5)[C@H](C)C(=O)[O-])cc4O3)cc2CN2CCCC23COC3)c(F)cn1. The Bertz CT molecular complexity index is 1530. The minimum Gasteiger partial charge on any atom is -0.550 e. The summed E-state index contributed by atoms with van der Waals surface area (Å²) in [4.78, 5) is 18.3. The highest BCUT2D eigenvalue weighted by Gasteiger charge is 2.47. The molecular weight excluding hydrogens is 547 g/mol. The van der Waals surface area contributed by atoms with Gasteiger partial charge in [-0.15, -0.1) is 0 Å². The molecule has 0 amide bonds. The zero-order valence-electron chi connectivity index (χ0n) is 24.8. The zero-order valence-corrected chi connectivity index (χ0v) is 24.8. The summed E-state index contributed by atoms with van der Waals surface area (Å²) in [6, 6.07) is 14.1. The lowest BCUT2D eigenvalue weighted by Gasteiger charge is -2.45. The monoisotopic (exact) mass is 585 g/mol. The number of carbonyl (C=O) groups is 1. The summed E-state index contributed by atoms with van der Waals surface area (Å²) in [5, 5.41) is 11.8. The Morgan fingerprint density at radius 2 is 2.00 bits per heavy atom. The van der Waals surface area contributed by atoms with Gasteiger partial charge < -0.3 is 24.1 Å². The van der Waals surface area contributed by atoms with Crippen molar-refractivity contribution >= 4 is 5.97 Å². The van der Waals surface area contributed by atoms with Crippen LogP contribution in [0.4, 0.5) is 4.39 Å². The predicted octanol–water partition coefficient (Wildman–Crippen LogP) is 5.21. The molecule has 1 unspecified atom stereocenters. The first-order chi connectivity index (χ1) is 20.8. The van der Waals surface area contributed by atoms with Gasteiger partial charge >= 0.3 is 0 Å². The summed E-state index contributed by atoms with van der Waals surface area (Å²) in [6.45, 7) is 4.91. The number of aliphatic carboxylic acids is 1. The molecule has 2 aromatic carbocycles. The van der Waals surface area contributed by atoms with Gasteiger partial charge in [0.05, 0.1) is 32.1 Å². The summed E-state index contributed by atoms with van der Waals surface area (Å²) in [5.41, 5.74) is 5.61. The molecule has 1 saturated carbocycles. The zero-order chi connectivity index (χ0) is 29.7. The first-order valence-electron chi connectivity index (χ1n) is 15.5. The number of benzene rings is 2. The molecular formula is C35H38FN2O5-. The van der Waals surface area contributed by atoms with E-state index in [0.717, 1.165) is 91.9 Å². The van der Waals surface area contributed by atoms with Crippen LogP contribution in [0.5, 0.6) is 11.6 Å². The van der Waals surface area contributed by atoms with Crippen molar-refractivity contribution in [1.82, 2.24) is 9.88 Å². The summed E-state index contributed by atoms with van der Waals surface area (Å²) in [5.74, 6) is -0.435. The second kappa shape index (κ2) is 11.2. The highest BCUT2D eigenvalue weighted by atomic mass is 19.1. The normalized spacial score (nSPS) is 22.3. The number of rotatable bonds is 9. The quantitative estimate of drug-likeness (QED) is 0.341. The largest absolute Gasteiger partial charge is 0.550 e. The third kappa shape index (κ3) is 5.29. The second-order valence-corrected chi connectivity index (χ2v) is 12.8. The van der Waals surface area contributed by atoms with E-state index >= 15 is 4.39 Å². The van der Waals surface area contributed by atoms with Crippen LogP contribution in [-0.2, 0) is 22.5 Å². The Morgan fingerprint density at radius 1 is 1.16 bits per heavy atom. The van der Waals surface area contributed by atoms with Crippen LogP contribution in [0, 0.1) is 17.7 Å². The Hall–Kier alpha value is -3.49. The Balaban J connectivity index is 1.21. The maximum Gasteiger partial charge on any atom is 0.213 e. The minimum atomic E-state index is -1.00. The van der Waals surface area contributed by atoms with Gasteiger partial charge in [-0.25, -0.2) is 9.37 Å². The number of hydrogen-bond donors (Lipinski definition) is 0. The number of nitrogens with zero attached hydrogens (tertiary/aromatic N) is 2. The number of likely N-dealkylation sites (tertiary alicyclic amines) is 1. The molecule has 0 radical (unpaired) electrons. The predicted molar refractivity (Wildman–Crippen MR) is 157 cm³/mol. The molecule has 7 rings (SSSR count). The third-order valence-corrected chi connectivity index (χ3v) is 10.1. The highest BCUT2D eigenvalue weighted by Crippen LogP contribution is 2.48. The van der Waals surface area contributed by atoms with E-state index in [4.69, 9.17) is 14.2 Å². The fraction of sp³-hybridized carbons (Fsp3) is 0.486. The smallest absolute Gasteiger partial charge is 0.213 e. The number of hydrogen-bond acceptors (Lipinski definition) is 7. The van der Waals surface area contributed by atoms with E-state index in [9.17, 15) is 9.90 Å². The average Bonchev–Trinajstić information content (AvgIpc) is 3.74. The molecule has 4 aliphatic rings. The van der Waals surface area contributed by atoms with Crippen LogP contribution in [0.1, 0.15) is 73.3 Å². The van der Waals surface area contributed by atoms with Gasteiger partial charge in [0.15, 0.2) is 0 Å². The van der Waals surface area contributed by atoms with E-state index < -0.39 is 11.9 Å². The number of carboxylic acids is 1. The molecule has 3 aromatic rings. The van der Waals surface area contributed by atoms with E-state index in [1.165, 1.54) is 13.3 Å². The van der Waals surface area contributed by atoms with Crippen LogP contribution in [-0.4, -0.2) is 48.3 Å². The molecule has 7 nitrogen and oxygen atoms in total. The lowest BCUT2D eigenvalue weighted by atomic mass is 9.82. The number of methoxy groups -OCH3 is 1. The lowest BCUT2D eigenvalue weighted by Crippen LogP contribution is -2.58. The minimum absolute atomic E-state index is 0.0686. The molecule has 4 heterocycles. The van der Waals surface area contributed by atoms with Crippen LogP contribution < -0.4 is 14.6 Å². The number of pyridine rings is 1. The molecule has 1 spiro atoms. The molecule has 3 aliphatic heterocycles.